The van der Waals surface area contributed by atoms with E-state index in [4.69, 9.17) is 15.1 Å². The second kappa shape index (κ2) is 6.71. The molecule has 0 aliphatic heterocycles. The van der Waals surface area contributed by atoms with Crippen molar-refractivity contribution in [3.63, 3.8) is 0 Å². The number of tetrazole rings is 1. The molecule has 0 unspecified atom stereocenters. The van der Waals surface area contributed by atoms with Gasteiger partial charge in [0.25, 0.3) is 0 Å². The molecule has 0 fully saturated rings. The number of methoxy groups -OCH3 is 1. The van der Waals surface area contributed by atoms with Crippen molar-refractivity contribution < 1.29 is 14.6 Å². The van der Waals surface area contributed by atoms with E-state index in [9.17, 15) is 4.79 Å². The van der Waals surface area contributed by atoms with Crippen LogP contribution in [0.5, 0.6) is 5.75 Å². The van der Waals surface area contributed by atoms with Crippen LogP contribution >= 0.6 is 11.8 Å². The molecule has 8 nitrogen and oxygen atoms in total. The fourth-order valence-electron chi connectivity index (χ4n) is 1.63. The molecular weight excluding hydrogens is 294 g/mol. The van der Waals surface area contributed by atoms with Gasteiger partial charge in [-0.05, 0) is 28.6 Å². The zero-order chi connectivity index (χ0) is 15.2. The topological polar surface area (TPSA) is 114 Å². The third-order valence-electron chi connectivity index (χ3n) is 2.55. The first-order chi connectivity index (χ1) is 10.1. The lowest BCUT2D eigenvalue weighted by Gasteiger charge is -2.08. The van der Waals surface area contributed by atoms with Gasteiger partial charge in [-0.3, -0.25) is 4.79 Å². The lowest BCUT2D eigenvalue weighted by atomic mass is 10.1. The number of nitriles is 1. The average molecular weight is 305 g/mol. The molecule has 1 aromatic carbocycles. The molecule has 0 bridgehead atoms. The van der Waals surface area contributed by atoms with E-state index in [1.807, 2.05) is 0 Å². The van der Waals surface area contributed by atoms with Gasteiger partial charge in [0.15, 0.2) is 0 Å². The van der Waals surface area contributed by atoms with Crippen LogP contribution in [0, 0.1) is 11.3 Å². The minimum Gasteiger partial charge on any atom is -0.496 e. The number of thioether (sulfide) groups is 1. The summed E-state index contributed by atoms with van der Waals surface area (Å²) in [5, 5.41) is 28.9. The Morgan fingerprint density at radius 3 is 3.05 bits per heavy atom. The molecule has 0 spiro atoms. The predicted molar refractivity (Wildman–Crippen MR) is 72.7 cm³/mol. The van der Waals surface area contributed by atoms with Crippen molar-refractivity contribution >= 4 is 17.7 Å². The minimum atomic E-state index is -1.02. The summed E-state index contributed by atoms with van der Waals surface area (Å²) in [4.78, 5) is 10.7. The molecule has 0 atom stereocenters. The van der Waals surface area contributed by atoms with Crippen LogP contribution in [0.25, 0.3) is 0 Å². The monoisotopic (exact) mass is 305 g/mol. The Bertz CT molecular complexity index is 694. The maximum atomic E-state index is 10.7. The van der Waals surface area contributed by atoms with E-state index in [-0.39, 0.29) is 6.54 Å². The second-order valence-corrected chi connectivity index (χ2v) is 4.88. The molecule has 108 valence electrons. The summed E-state index contributed by atoms with van der Waals surface area (Å²) in [7, 11) is 1.55. The third kappa shape index (κ3) is 3.70. The van der Waals surface area contributed by atoms with Crippen LogP contribution in [-0.2, 0) is 17.1 Å². The second-order valence-electron chi connectivity index (χ2n) is 3.94. The van der Waals surface area contributed by atoms with Crippen molar-refractivity contribution in [3.8, 4) is 11.8 Å². The number of aromatic nitrogens is 4. The molecule has 0 saturated carbocycles. The van der Waals surface area contributed by atoms with Gasteiger partial charge < -0.3 is 9.84 Å². The summed E-state index contributed by atoms with van der Waals surface area (Å²) >= 11 is 1.27. The molecule has 21 heavy (non-hydrogen) atoms. The van der Waals surface area contributed by atoms with Gasteiger partial charge in [-0.25, -0.2) is 4.68 Å². The van der Waals surface area contributed by atoms with Crippen molar-refractivity contribution in [2.24, 2.45) is 0 Å². The van der Waals surface area contributed by atoms with Gasteiger partial charge in [0.05, 0.1) is 18.7 Å². The van der Waals surface area contributed by atoms with Gasteiger partial charge in [-0.1, -0.05) is 11.8 Å². The Morgan fingerprint density at radius 1 is 1.57 bits per heavy atom. The summed E-state index contributed by atoms with van der Waals surface area (Å²) in [5.74, 6) is 0.0885. The van der Waals surface area contributed by atoms with Crippen LogP contribution in [0.1, 0.15) is 11.1 Å². The first-order valence-corrected chi connectivity index (χ1v) is 6.80. The van der Waals surface area contributed by atoms with Crippen molar-refractivity contribution in [1.29, 1.82) is 5.26 Å². The Balaban J connectivity index is 2.15. The SMILES string of the molecule is COc1ccc(C#N)cc1CSc1nnnn1CC(=O)O. The highest BCUT2D eigenvalue weighted by molar-refractivity contribution is 7.98. The molecule has 1 N–H and O–H groups in total. The number of hydrogen-bond donors (Lipinski definition) is 1. The quantitative estimate of drug-likeness (QED) is 0.784. The number of carboxylic acids is 1. The molecule has 1 heterocycles. The van der Waals surface area contributed by atoms with Crippen LogP contribution in [0.2, 0.25) is 0 Å². The van der Waals surface area contributed by atoms with E-state index in [0.717, 1.165) is 5.56 Å². The zero-order valence-electron chi connectivity index (χ0n) is 11.1. The molecule has 0 aliphatic rings. The van der Waals surface area contributed by atoms with Crippen molar-refractivity contribution in [2.45, 2.75) is 17.5 Å². The van der Waals surface area contributed by atoms with Gasteiger partial charge in [-0.2, -0.15) is 5.26 Å². The number of carbonyl (C=O) groups is 1. The van der Waals surface area contributed by atoms with E-state index < -0.39 is 5.97 Å². The number of aliphatic carboxylic acids is 1. The molecule has 0 amide bonds. The van der Waals surface area contributed by atoms with E-state index in [1.54, 1.807) is 25.3 Å². The molecule has 9 heteroatoms. The maximum Gasteiger partial charge on any atom is 0.325 e. The van der Waals surface area contributed by atoms with Crippen LogP contribution in [-0.4, -0.2) is 38.4 Å². The summed E-state index contributed by atoms with van der Waals surface area (Å²) in [6.45, 7) is -0.301. The number of rotatable bonds is 6. The molecule has 2 aromatic rings. The molecule has 0 aliphatic carbocycles. The van der Waals surface area contributed by atoms with Crippen LogP contribution in [0.3, 0.4) is 0 Å². The number of carboxylic acid groups (broad SMARTS) is 1. The molecule has 0 saturated heterocycles. The summed E-state index contributed by atoms with van der Waals surface area (Å²) in [6, 6.07) is 7.17. The minimum absolute atomic E-state index is 0.301. The Morgan fingerprint density at radius 2 is 2.38 bits per heavy atom. The molecular formula is C12H11N5O3S. The van der Waals surface area contributed by atoms with Crippen LogP contribution in [0.4, 0.5) is 0 Å². The summed E-state index contributed by atoms with van der Waals surface area (Å²) in [6.07, 6.45) is 0. The average Bonchev–Trinajstić information content (AvgIpc) is 2.91. The van der Waals surface area contributed by atoms with Crippen LogP contribution < -0.4 is 4.74 Å². The number of nitrogens with zero attached hydrogens (tertiary/aromatic N) is 5. The lowest BCUT2D eigenvalue weighted by molar-refractivity contribution is -0.138. The van der Waals surface area contributed by atoms with E-state index in [0.29, 0.717) is 22.2 Å². The highest BCUT2D eigenvalue weighted by atomic mass is 32.2. The largest absolute Gasteiger partial charge is 0.496 e. The fourth-order valence-corrected chi connectivity index (χ4v) is 2.48. The van der Waals surface area contributed by atoms with Gasteiger partial charge in [-0.15, -0.1) is 5.10 Å². The van der Waals surface area contributed by atoms with Crippen molar-refractivity contribution in [3.05, 3.63) is 29.3 Å². The molecule has 2 rings (SSSR count). The Hall–Kier alpha value is -2.60. The maximum absolute atomic E-state index is 10.7. The lowest BCUT2D eigenvalue weighted by Crippen LogP contribution is -2.11. The number of hydrogen-bond acceptors (Lipinski definition) is 7. The zero-order valence-corrected chi connectivity index (χ0v) is 11.9. The highest BCUT2D eigenvalue weighted by Gasteiger charge is 2.12. The first-order valence-electron chi connectivity index (χ1n) is 5.82. The van der Waals surface area contributed by atoms with Crippen molar-refractivity contribution in [1.82, 2.24) is 20.2 Å². The highest BCUT2D eigenvalue weighted by Crippen LogP contribution is 2.27. The Labute approximate surface area is 124 Å². The fraction of sp³-hybridized carbons (Fsp3) is 0.250. The predicted octanol–water partition coefficient (Wildman–Crippen LogP) is 0.930. The van der Waals surface area contributed by atoms with Gasteiger partial charge in [0, 0.05) is 11.3 Å². The summed E-state index contributed by atoms with van der Waals surface area (Å²) < 4.78 is 6.44. The number of ether oxygens (including phenoxy) is 1. The van der Waals surface area contributed by atoms with E-state index >= 15 is 0 Å². The molecule has 0 radical (unpaired) electrons. The first kappa shape index (κ1) is 14.8. The Kier molecular flexibility index (Phi) is 4.73. The standard InChI is InChI=1S/C12H11N5O3S/c1-20-10-3-2-8(5-13)4-9(10)7-21-12-14-15-16-17(12)6-11(18)19/h2-4H,6-7H2,1H3,(H,18,19). The smallest absolute Gasteiger partial charge is 0.325 e. The van der Waals surface area contributed by atoms with E-state index in [1.165, 1.54) is 16.4 Å². The van der Waals surface area contributed by atoms with Crippen molar-refractivity contribution in [2.75, 3.05) is 7.11 Å². The number of benzene rings is 1. The molecule has 1 aromatic heterocycles. The van der Waals surface area contributed by atoms with Gasteiger partial charge in [0.1, 0.15) is 12.3 Å². The van der Waals surface area contributed by atoms with Crippen LogP contribution in [0.15, 0.2) is 23.4 Å². The normalized spacial score (nSPS) is 10.1. The summed E-state index contributed by atoms with van der Waals surface area (Å²) in [5.41, 5.74) is 1.34. The van der Waals surface area contributed by atoms with Gasteiger partial charge in [0.2, 0.25) is 5.16 Å². The third-order valence-corrected chi connectivity index (χ3v) is 3.56. The van der Waals surface area contributed by atoms with Gasteiger partial charge >= 0.3 is 5.97 Å². The van der Waals surface area contributed by atoms with E-state index in [2.05, 4.69) is 21.6 Å².